The number of H-pyrrole nitrogens is 1. The molecule has 1 unspecified atom stereocenters. The van der Waals surface area contributed by atoms with Crippen molar-refractivity contribution in [3.8, 4) is 0 Å². The van der Waals surface area contributed by atoms with Gasteiger partial charge in [-0.2, -0.15) is 0 Å². The molecule has 1 aromatic heterocycles. The normalized spacial score (nSPS) is 13.1. The number of hydrogen-bond donors (Lipinski definition) is 1. The number of aryl methyl sites for hydroxylation is 1. The number of thioether (sulfide) groups is 1. The lowest BCUT2D eigenvalue weighted by atomic mass is 10.2. The van der Waals surface area contributed by atoms with Gasteiger partial charge in [-0.3, -0.25) is 9.59 Å². The van der Waals surface area contributed by atoms with Crippen LogP contribution in [0.1, 0.15) is 46.7 Å². The summed E-state index contributed by atoms with van der Waals surface area (Å²) in [5, 5.41) is 0.0357. The number of nitrogens with one attached hydrogen (secondary N) is 1. The molecule has 0 spiro atoms. The molecule has 112 valence electrons. The molecule has 6 heteroatoms. The molecule has 0 aliphatic heterocycles. The quantitative estimate of drug-likeness (QED) is 0.514. The Balaban J connectivity index is 2.77. The lowest BCUT2D eigenvalue weighted by molar-refractivity contribution is -0.153. The number of hydrogen-bond acceptors (Lipinski definition) is 5. The fourth-order valence-corrected chi connectivity index (χ4v) is 2.33. The number of aromatic amines is 1. The van der Waals surface area contributed by atoms with Gasteiger partial charge in [-0.1, -0.05) is 25.1 Å². The number of nitrogens with zero attached hydrogens (tertiary/aromatic N) is 1. The number of carbonyl (C=O) groups is 1. The number of rotatable bonds is 5. The minimum absolute atomic E-state index is 0.192. The van der Waals surface area contributed by atoms with Gasteiger partial charge in [0.2, 0.25) is 0 Å². The van der Waals surface area contributed by atoms with E-state index in [-0.39, 0.29) is 11.5 Å². The first-order chi connectivity index (χ1) is 9.21. The summed E-state index contributed by atoms with van der Waals surface area (Å²) in [6, 6.07) is 1.49. The van der Waals surface area contributed by atoms with E-state index in [1.54, 1.807) is 6.92 Å². The van der Waals surface area contributed by atoms with Crippen molar-refractivity contribution < 1.29 is 9.53 Å². The van der Waals surface area contributed by atoms with E-state index in [2.05, 4.69) is 9.97 Å². The van der Waals surface area contributed by atoms with Gasteiger partial charge in [0.1, 0.15) is 10.9 Å². The van der Waals surface area contributed by atoms with Crippen molar-refractivity contribution in [2.45, 2.75) is 63.5 Å². The van der Waals surface area contributed by atoms with E-state index in [0.717, 1.165) is 18.5 Å². The molecule has 1 atom stereocenters. The van der Waals surface area contributed by atoms with Crippen LogP contribution in [0.25, 0.3) is 0 Å². The molecule has 0 aliphatic rings. The summed E-state index contributed by atoms with van der Waals surface area (Å²) in [6.07, 6.45) is 1.67. The van der Waals surface area contributed by atoms with Gasteiger partial charge < -0.3 is 9.72 Å². The van der Waals surface area contributed by atoms with Gasteiger partial charge in [-0.25, -0.2) is 4.98 Å². The van der Waals surface area contributed by atoms with Crippen LogP contribution in [-0.2, 0) is 16.0 Å². The number of esters is 1. The maximum absolute atomic E-state index is 11.9. The molecule has 0 saturated heterocycles. The van der Waals surface area contributed by atoms with Crippen LogP contribution in [0.3, 0.4) is 0 Å². The highest BCUT2D eigenvalue weighted by molar-refractivity contribution is 8.00. The molecule has 0 bridgehead atoms. The van der Waals surface area contributed by atoms with E-state index in [9.17, 15) is 9.59 Å². The zero-order valence-electron chi connectivity index (χ0n) is 12.6. The largest absolute Gasteiger partial charge is 0.459 e. The van der Waals surface area contributed by atoms with Crippen LogP contribution in [0.15, 0.2) is 16.0 Å². The fraction of sp³-hybridized carbons (Fsp3) is 0.643. The third-order valence-corrected chi connectivity index (χ3v) is 3.27. The molecule has 0 saturated carbocycles. The monoisotopic (exact) mass is 298 g/mol. The Kier molecular flexibility index (Phi) is 5.80. The summed E-state index contributed by atoms with van der Waals surface area (Å²) in [6.45, 7) is 9.24. The first-order valence-corrected chi connectivity index (χ1v) is 7.59. The van der Waals surface area contributed by atoms with E-state index >= 15 is 0 Å². The minimum atomic E-state index is -0.517. The maximum atomic E-state index is 11.9. The summed E-state index contributed by atoms with van der Waals surface area (Å²) in [5.74, 6) is -0.314. The second kappa shape index (κ2) is 6.92. The Morgan fingerprint density at radius 1 is 1.50 bits per heavy atom. The minimum Gasteiger partial charge on any atom is -0.459 e. The summed E-state index contributed by atoms with van der Waals surface area (Å²) in [5.41, 5.74) is 0.0362. The fourth-order valence-electron chi connectivity index (χ4n) is 1.52. The van der Waals surface area contributed by atoms with Crippen LogP contribution in [0.2, 0.25) is 0 Å². The van der Waals surface area contributed by atoms with Gasteiger partial charge in [0, 0.05) is 11.8 Å². The average Bonchev–Trinajstić information content (AvgIpc) is 2.26. The van der Waals surface area contributed by atoms with Gasteiger partial charge in [-0.05, 0) is 34.1 Å². The van der Waals surface area contributed by atoms with Crippen LogP contribution >= 0.6 is 11.8 Å². The highest BCUT2D eigenvalue weighted by atomic mass is 32.2. The van der Waals surface area contributed by atoms with Gasteiger partial charge in [0.25, 0.3) is 5.56 Å². The molecule has 0 aromatic carbocycles. The van der Waals surface area contributed by atoms with Crippen molar-refractivity contribution in [3.63, 3.8) is 0 Å². The van der Waals surface area contributed by atoms with Crippen molar-refractivity contribution in [2.75, 3.05) is 0 Å². The van der Waals surface area contributed by atoms with Crippen LogP contribution in [0.4, 0.5) is 0 Å². The Morgan fingerprint density at radius 2 is 2.15 bits per heavy atom. The zero-order valence-corrected chi connectivity index (χ0v) is 13.5. The van der Waals surface area contributed by atoms with Gasteiger partial charge >= 0.3 is 5.97 Å². The molecular formula is C14H22N2O3S. The summed E-state index contributed by atoms with van der Waals surface area (Å²) < 4.78 is 5.30. The van der Waals surface area contributed by atoms with Crippen molar-refractivity contribution >= 4 is 17.7 Å². The predicted octanol–water partition coefficient (Wildman–Crippen LogP) is 2.54. The third kappa shape index (κ3) is 5.77. The summed E-state index contributed by atoms with van der Waals surface area (Å²) >= 11 is 1.21. The highest BCUT2D eigenvalue weighted by Gasteiger charge is 2.23. The van der Waals surface area contributed by atoms with Crippen LogP contribution in [0, 0.1) is 0 Å². The zero-order chi connectivity index (χ0) is 15.3. The van der Waals surface area contributed by atoms with Crippen molar-refractivity contribution in [2.24, 2.45) is 0 Å². The van der Waals surface area contributed by atoms with Crippen molar-refractivity contribution in [3.05, 3.63) is 22.1 Å². The average molecular weight is 298 g/mol. The second-order valence-corrected chi connectivity index (χ2v) is 6.91. The highest BCUT2D eigenvalue weighted by Crippen LogP contribution is 2.21. The molecule has 1 heterocycles. The Morgan fingerprint density at radius 3 is 2.70 bits per heavy atom. The van der Waals surface area contributed by atoms with Crippen molar-refractivity contribution in [1.29, 1.82) is 0 Å². The van der Waals surface area contributed by atoms with Crippen LogP contribution < -0.4 is 5.56 Å². The summed E-state index contributed by atoms with van der Waals surface area (Å²) in [7, 11) is 0. The topological polar surface area (TPSA) is 72.0 Å². The molecule has 1 rings (SSSR count). The van der Waals surface area contributed by atoms with Crippen molar-refractivity contribution in [1.82, 2.24) is 9.97 Å². The third-order valence-electron chi connectivity index (χ3n) is 2.31. The molecule has 1 aromatic rings. The first kappa shape index (κ1) is 16.8. The first-order valence-electron chi connectivity index (χ1n) is 6.71. The lowest BCUT2D eigenvalue weighted by Crippen LogP contribution is -2.29. The molecule has 0 amide bonds. The summed E-state index contributed by atoms with van der Waals surface area (Å²) in [4.78, 5) is 30.4. The molecule has 5 nitrogen and oxygen atoms in total. The Bertz CT molecular complexity index is 520. The number of ether oxygens (including phenoxy) is 1. The molecule has 0 aliphatic carbocycles. The van der Waals surface area contributed by atoms with Gasteiger partial charge in [0.15, 0.2) is 5.16 Å². The van der Waals surface area contributed by atoms with E-state index in [1.165, 1.54) is 17.8 Å². The smallest absolute Gasteiger partial charge is 0.319 e. The van der Waals surface area contributed by atoms with E-state index < -0.39 is 10.9 Å². The molecule has 20 heavy (non-hydrogen) atoms. The van der Waals surface area contributed by atoms with Crippen LogP contribution in [-0.4, -0.2) is 26.8 Å². The van der Waals surface area contributed by atoms with Crippen LogP contribution in [0.5, 0.6) is 0 Å². The standard InChI is InChI=1S/C14H22N2O3S/c1-6-7-10-8-11(17)16-13(15-10)20-9(2)12(18)19-14(3,4)5/h8-9H,6-7H2,1-5H3,(H,15,16,17). The molecule has 0 fully saturated rings. The Labute approximate surface area is 123 Å². The van der Waals surface area contributed by atoms with E-state index in [4.69, 9.17) is 4.74 Å². The maximum Gasteiger partial charge on any atom is 0.319 e. The number of carbonyl (C=O) groups excluding carboxylic acids is 1. The Hall–Kier alpha value is -1.30. The van der Waals surface area contributed by atoms with Gasteiger partial charge in [-0.15, -0.1) is 0 Å². The predicted molar refractivity (Wildman–Crippen MR) is 80.0 cm³/mol. The number of aromatic nitrogens is 2. The van der Waals surface area contributed by atoms with E-state index in [0.29, 0.717) is 5.16 Å². The second-order valence-electron chi connectivity index (χ2n) is 5.59. The van der Waals surface area contributed by atoms with E-state index in [1.807, 2.05) is 27.7 Å². The van der Waals surface area contributed by atoms with Gasteiger partial charge in [0.05, 0.1) is 0 Å². The lowest BCUT2D eigenvalue weighted by Gasteiger charge is -2.21. The molecule has 1 N–H and O–H groups in total. The molecular weight excluding hydrogens is 276 g/mol. The molecule has 0 radical (unpaired) electrons. The SMILES string of the molecule is CCCc1cc(=O)[nH]c(SC(C)C(=O)OC(C)(C)C)n1.